The molecule has 0 radical (unpaired) electrons. The Balaban J connectivity index is 1.87. The smallest absolute Gasteiger partial charge is 0.356 e. The normalized spacial score (nSPS) is 19.8. The lowest BCUT2D eigenvalue weighted by atomic mass is 10.00. The van der Waals surface area contributed by atoms with Crippen LogP contribution in [0, 0.1) is 23.7 Å². The number of nitrogens with zero attached hydrogens (tertiary/aromatic N) is 1. The van der Waals surface area contributed by atoms with Crippen LogP contribution in [0.1, 0.15) is 159 Å². The second kappa shape index (κ2) is 25.0. The number of ether oxygens (including phenoxy) is 4. The number of rotatable bonds is 24. The predicted molar refractivity (Wildman–Crippen MR) is 243 cm³/mol. The Morgan fingerprint density at radius 1 is 0.729 bits per heavy atom. The summed E-state index contributed by atoms with van der Waals surface area (Å²) in [4.78, 5) is 60.9. The molecule has 1 aromatic carbocycles. The van der Waals surface area contributed by atoms with Crippen LogP contribution >= 0.6 is 47.0 Å². The second-order valence-corrected chi connectivity index (χ2v) is 20.5. The molecule has 4 atom stereocenters. The third-order valence-corrected chi connectivity index (χ3v) is 16.9. The van der Waals surface area contributed by atoms with Crippen LogP contribution in [-0.2, 0) is 28.7 Å². The summed E-state index contributed by atoms with van der Waals surface area (Å²) in [6.45, 7) is 20.0. The Bertz CT molecular complexity index is 1690. The quantitative estimate of drug-likeness (QED) is 0.0559. The molecule has 0 amide bonds. The second-order valence-electron chi connectivity index (χ2n) is 15.9. The van der Waals surface area contributed by atoms with E-state index in [2.05, 4.69) is 41.5 Å². The molecule has 0 saturated heterocycles. The Labute approximate surface area is 371 Å². The average Bonchev–Trinajstić information content (AvgIpc) is 3.88. The van der Waals surface area contributed by atoms with Gasteiger partial charge in [0.05, 0.1) is 58.7 Å². The van der Waals surface area contributed by atoms with E-state index < -0.39 is 11.9 Å². The molecule has 59 heavy (non-hydrogen) atoms. The number of unbranched alkanes of at least 4 members (excludes halogenated alkanes) is 4. The Morgan fingerprint density at radius 2 is 1.29 bits per heavy atom. The summed E-state index contributed by atoms with van der Waals surface area (Å²) in [6, 6.07) is 0. The van der Waals surface area contributed by atoms with Gasteiger partial charge in [-0.15, -0.1) is 0 Å². The first kappa shape index (κ1) is 49.4. The van der Waals surface area contributed by atoms with E-state index in [1.807, 2.05) is 18.7 Å². The molecule has 0 saturated carbocycles. The minimum absolute atomic E-state index is 0.262. The monoisotopic (exact) mass is 891 g/mol. The molecule has 2 bridgehead atoms. The minimum Gasteiger partial charge on any atom is -0.462 e. The fourth-order valence-corrected chi connectivity index (χ4v) is 12.8. The van der Waals surface area contributed by atoms with Crippen molar-refractivity contribution in [2.45, 2.75) is 178 Å². The van der Waals surface area contributed by atoms with Crippen molar-refractivity contribution >= 4 is 70.9 Å². The van der Waals surface area contributed by atoms with E-state index in [9.17, 15) is 19.2 Å². The lowest BCUT2D eigenvalue weighted by Crippen LogP contribution is -2.38. The fourth-order valence-electron chi connectivity index (χ4n) is 7.31. The van der Waals surface area contributed by atoms with Crippen LogP contribution in [0.15, 0.2) is 39.3 Å². The first-order chi connectivity index (χ1) is 28.5. The molecule has 0 aromatic heterocycles. The van der Waals surface area contributed by atoms with E-state index in [1.165, 1.54) is 47.0 Å². The summed E-state index contributed by atoms with van der Waals surface area (Å²) in [6.07, 6.45) is 13.7. The summed E-state index contributed by atoms with van der Waals surface area (Å²) >= 11 is 5.44. The van der Waals surface area contributed by atoms with Gasteiger partial charge < -0.3 is 23.8 Å². The largest absolute Gasteiger partial charge is 0.462 e. The Kier molecular flexibility index (Phi) is 21.0. The van der Waals surface area contributed by atoms with Crippen LogP contribution in [-0.4, -0.2) is 55.1 Å². The van der Waals surface area contributed by atoms with Crippen LogP contribution in [0.5, 0.6) is 11.5 Å². The average molecular weight is 892 g/mol. The van der Waals surface area contributed by atoms with Gasteiger partial charge in [-0.2, -0.15) is 0 Å². The fraction of sp³-hybridized carbons (Fsp3) is 0.696. The predicted octanol–water partition coefficient (Wildman–Crippen LogP) is 13.2. The van der Waals surface area contributed by atoms with Gasteiger partial charge in [0.1, 0.15) is 5.70 Å². The van der Waals surface area contributed by atoms with E-state index in [1.54, 1.807) is 6.92 Å². The van der Waals surface area contributed by atoms with Crippen LogP contribution in [0.25, 0.3) is 0 Å². The number of hydrogen-bond acceptors (Lipinski definition) is 13. The number of hydrogen-bond donors (Lipinski definition) is 0. The third-order valence-electron chi connectivity index (χ3n) is 11.5. The third kappa shape index (κ3) is 12.9. The van der Waals surface area contributed by atoms with E-state index in [-0.39, 0.29) is 29.7 Å². The van der Waals surface area contributed by atoms with Gasteiger partial charge in [-0.1, -0.05) is 160 Å². The zero-order valence-electron chi connectivity index (χ0n) is 37.1. The SMILES string of the molecule is CCCCC(CC)COC(=O)/C(C)=C1/Sc2c(OC(=O)C(CC)CCCC)c3c4c(c2S1)OC(=O)C(CCCC)CN(CC)/C(C(=O)OCC(CC)CCCC)=C(/S3)S4. The summed E-state index contributed by atoms with van der Waals surface area (Å²) in [5.74, 6) is -0.946. The van der Waals surface area contributed by atoms with E-state index in [0.29, 0.717) is 102 Å². The maximum absolute atomic E-state index is 14.4. The molecule has 13 heteroatoms. The highest BCUT2D eigenvalue weighted by Crippen LogP contribution is 2.69. The molecule has 4 unspecified atom stereocenters. The van der Waals surface area contributed by atoms with Crippen molar-refractivity contribution in [3.63, 3.8) is 0 Å². The molecule has 0 fully saturated rings. The topological polar surface area (TPSA) is 108 Å². The van der Waals surface area contributed by atoms with Crippen molar-refractivity contribution in [3.8, 4) is 11.5 Å². The minimum atomic E-state index is -0.503. The molecule has 9 nitrogen and oxygen atoms in total. The molecular weight excluding hydrogens is 823 g/mol. The van der Waals surface area contributed by atoms with Crippen LogP contribution in [0.4, 0.5) is 0 Å². The van der Waals surface area contributed by atoms with E-state index in [0.717, 1.165) is 77.0 Å². The zero-order valence-corrected chi connectivity index (χ0v) is 40.4. The number of thioether (sulfide) groups is 4. The summed E-state index contributed by atoms with van der Waals surface area (Å²) in [7, 11) is 0. The molecule has 3 aliphatic rings. The van der Waals surface area contributed by atoms with Gasteiger partial charge in [0.15, 0.2) is 11.5 Å². The van der Waals surface area contributed by atoms with Gasteiger partial charge in [-0.3, -0.25) is 9.59 Å². The first-order valence-electron chi connectivity index (χ1n) is 22.4. The van der Waals surface area contributed by atoms with Gasteiger partial charge in [0, 0.05) is 13.1 Å². The van der Waals surface area contributed by atoms with Crippen molar-refractivity contribution in [2.75, 3.05) is 26.3 Å². The summed E-state index contributed by atoms with van der Waals surface area (Å²) in [5.41, 5.74) is 0.892. The van der Waals surface area contributed by atoms with Crippen molar-refractivity contribution in [1.29, 1.82) is 0 Å². The van der Waals surface area contributed by atoms with E-state index >= 15 is 0 Å². The standard InChI is InChI=1S/C46H69NO8S4/c1-10-18-22-30(14-5)27-52-41(48)29(9)45-56-37-35(54-42(49)32(16-7)24-20-12-3)39-40-36(38(37)57-45)55-43(50)33(25-21-13-4)26-47(17-8)34(46(58-39)59-40)44(51)53-28-31(15-6)23-19-11-2/h30-33H,10-28H2,1-9H3/b45-29-,46-34-. The maximum atomic E-state index is 14.4. The van der Waals surface area contributed by atoms with Crippen molar-refractivity contribution < 1.29 is 38.1 Å². The van der Waals surface area contributed by atoms with Crippen LogP contribution in [0.2, 0.25) is 0 Å². The lowest BCUT2D eigenvalue weighted by Gasteiger charge is -2.30. The molecule has 0 aliphatic carbocycles. The highest BCUT2D eigenvalue weighted by Gasteiger charge is 2.43. The summed E-state index contributed by atoms with van der Waals surface area (Å²) in [5, 5.41) is 0. The molecule has 4 rings (SSSR count). The summed E-state index contributed by atoms with van der Waals surface area (Å²) < 4.78 is 26.4. The van der Waals surface area contributed by atoms with Gasteiger partial charge in [0.25, 0.3) is 0 Å². The Morgan fingerprint density at radius 3 is 1.88 bits per heavy atom. The van der Waals surface area contributed by atoms with Gasteiger partial charge >= 0.3 is 23.9 Å². The molecule has 3 heterocycles. The number of likely N-dealkylation sites (N-methyl/N-ethyl adjacent to an activating group) is 1. The lowest BCUT2D eigenvalue weighted by molar-refractivity contribution is -0.144. The van der Waals surface area contributed by atoms with Gasteiger partial charge in [-0.25, -0.2) is 9.59 Å². The van der Waals surface area contributed by atoms with Crippen molar-refractivity contribution in [1.82, 2.24) is 4.90 Å². The Hall–Kier alpha value is -2.22. The number of benzene rings is 1. The van der Waals surface area contributed by atoms with Gasteiger partial charge in [0.2, 0.25) is 0 Å². The number of fused-ring (bicyclic) bond motifs is 3. The number of esters is 4. The highest BCUT2D eigenvalue weighted by atomic mass is 32.2. The van der Waals surface area contributed by atoms with Crippen molar-refractivity contribution in [3.05, 3.63) is 19.7 Å². The molecular formula is C46H69NO8S4. The zero-order chi connectivity index (χ0) is 43.1. The molecule has 0 N–H and O–H groups in total. The molecule has 1 aromatic rings. The van der Waals surface area contributed by atoms with Crippen LogP contribution in [0.3, 0.4) is 0 Å². The van der Waals surface area contributed by atoms with Gasteiger partial charge in [-0.05, 0) is 57.8 Å². The highest BCUT2D eigenvalue weighted by molar-refractivity contribution is 8.26. The molecule has 3 aliphatic heterocycles. The van der Waals surface area contributed by atoms with Crippen molar-refractivity contribution in [2.24, 2.45) is 23.7 Å². The molecule has 0 spiro atoms. The maximum Gasteiger partial charge on any atom is 0.356 e. The van der Waals surface area contributed by atoms with E-state index in [4.69, 9.17) is 18.9 Å². The molecule has 330 valence electrons. The van der Waals surface area contributed by atoms with Crippen LogP contribution < -0.4 is 9.47 Å². The number of carbonyl (C=O) groups is 4. The first-order valence-corrected chi connectivity index (χ1v) is 25.7. The number of carbonyl (C=O) groups excluding carboxylic acids is 4.